The molecule has 1 aliphatic heterocycles. The predicted molar refractivity (Wildman–Crippen MR) is 81.9 cm³/mol. The second-order valence-corrected chi connectivity index (χ2v) is 6.36. The van der Waals surface area contributed by atoms with Crippen molar-refractivity contribution in [2.45, 2.75) is 46.1 Å². The van der Waals surface area contributed by atoms with Crippen LogP contribution >= 0.6 is 27.5 Å². The van der Waals surface area contributed by atoms with Crippen LogP contribution in [0.3, 0.4) is 0 Å². The number of hydrogen-bond acceptors (Lipinski definition) is 2. The van der Waals surface area contributed by atoms with Gasteiger partial charge in [0.15, 0.2) is 0 Å². The molecule has 0 atom stereocenters. The van der Waals surface area contributed by atoms with Crippen LogP contribution in [0.5, 0.6) is 0 Å². The molecular formula is C14H22BrClN2O. The van der Waals surface area contributed by atoms with E-state index in [1.54, 1.807) is 0 Å². The highest BCUT2D eigenvalue weighted by Gasteiger charge is 2.34. The van der Waals surface area contributed by atoms with Gasteiger partial charge >= 0.3 is 0 Å². The topological polar surface area (TPSA) is 27.1 Å². The van der Waals surface area contributed by atoms with Crippen LogP contribution in [0.1, 0.15) is 38.1 Å². The second kappa shape index (κ2) is 6.59. The first-order valence-electron chi connectivity index (χ1n) is 7.03. The monoisotopic (exact) mass is 348 g/mol. The van der Waals surface area contributed by atoms with Crippen LogP contribution in [-0.2, 0) is 24.1 Å². The number of rotatable bonds is 5. The van der Waals surface area contributed by atoms with Crippen molar-refractivity contribution in [2.75, 3.05) is 19.1 Å². The second-order valence-electron chi connectivity index (χ2n) is 5.30. The van der Waals surface area contributed by atoms with E-state index in [-0.39, 0.29) is 5.41 Å². The molecular weight excluding hydrogens is 328 g/mol. The standard InChI is InChI=1S/C14H22BrClN2O/c1-3-11-13(15)12(18(4-2)17-11)9-14(10-16)5-7-19-8-6-14/h3-10H2,1-2H3. The summed E-state index contributed by atoms with van der Waals surface area (Å²) in [5.74, 6) is 0.694. The molecule has 3 nitrogen and oxygen atoms in total. The van der Waals surface area contributed by atoms with E-state index < -0.39 is 0 Å². The van der Waals surface area contributed by atoms with Gasteiger partial charge < -0.3 is 4.74 Å². The van der Waals surface area contributed by atoms with Gasteiger partial charge in [0.25, 0.3) is 0 Å². The van der Waals surface area contributed by atoms with Gasteiger partial charge in [-0.25, -0.2) is 0 Å². The minimum atomic E-state index is 0.167. The average Bonchev–Trinajstić information content (AvgIpc) is 2.76. The van der Waals surface area contributed by atoms with Gasteiger partial charge in [-0.15, -0.1) is 11.6 Å². The first-order valence-corrected chi connectivity index (χ1v) is 8.36. The molecule has 108 valence electrons. The Morgan fingerprint density at radius 1 is 1.37 bits per heavy atom. The van der Waals surface area contributed by atoms with Crippen LogP contribution in [0.4, 0.5) is 0 Å². The van der Waals surface area contributed by atoms with E-state index >= 15 is 0 Å². The molecule has 1 fully saturated rings. The van der Waals surface area contributed by atoms with Gasteiger partial charge in [0.1, 0.15) is 0 Å². The van der Waals surface area contributed by atoms with Gasteiger partial charge in [-0.05, 0) is 54.0 Å². The largest absolute Gasteiger partial charge is 0.381 e. The first-order chi connectivity index (χ1) is 9.15. The summed E-state index contributed by atoms with van der Waals surface area (Å²) in [6, 6.07) is 0. The van der Waals surface area contributed by atoms with Crippen molar-refractivity contribution in [3.8, 4) is 0 Å². The van der Waals surface area contributed by atoms with E-state index in [2.05, 4.69) is 39.6 Å². The number of alkyl halides is 1. The van der Waals surface area contributed by atoms with Crippen LogP contribution in [0.25, 0.3) is 0 Å². The summed E-state index contributed by atoms with van der Waals surface area (Å²) in [7, 11) is 0. The molecule has 1 aliphatic rings. The van der Waals surface area contributed by atoms with E-state index in [4.69, 9.17) is 16.3 Å². The lowest BCUT2D eigenvalue weighted by Crippen LogP contribution is -2.34. The Balaban J connectivity index is 2.28. The Bertz CT molecular complexity index is 427. The average molecular weight is 350 g/mol. The van der Waals surface area contributed by atoms with E-state index in [0.29, 0.717) is 5.88 Å². The molecule has 0 bridgehead atoms. The lowest BCUT2D eigenvalue weighted by atomic mass is 9.78. The predicted octanol–water partition coefficient (Wildman–Crippen LogP) is 3.81. The van der Waals surface area contributed by atoms with Crippen molar-refractivity contribution in [1.29, 1.82) is 0 Å². The third-order valence-corrected chi connectivity index (χ3v) is 5.56. The molecule has 1 saturated heterocycles. The van der Waals surface area contributed by atoms with Crippen molar-refractivity contribution >= 4 is 27.5 Å². The molecule has 0 aromatic carbocycles. The zero-order valence-corrected chi connectivity index (χ0v) is 14.1. The summed E-state index contributed by atoms with van der Waals surface area (Å²) >= 11 is 10.0. The van der Waals surface area contributed by atoms with Gasteiger partial charge in [-0.3, -0.25) is 4.68 Å². The number of hydrogen-bond donors (Lipinski definition) is 0. The Labute approximate surface area is 128 Å². The molecule has 19 heavy (non-hydrogen) atoms. The molecule has 1 aromatic heterocycles. The molecule has 0 spiro atoms. The molecule has 0 N–H and O–H groups in total. The maximum absolute atomic E-state index is 6.28. The molecule has 1 aromatic rings. The maximum atomic E-state index is 6.28. The van der Waals surface area contributed by atoms with E-state index in [1.807, 2.05) is 0 Å². The van der Waals surface area contributed by atoms with Crippen LogP contribution in [0.15, 0.2) is 4.47 Å². The van der Waals surface area contributed by atoms with Crippen molar-refractivity contribution in [3.05, 3.63) is 15.9 Å². The van der Waals surface area contributed by atoms with Crippen molar-refractivity contribution < 1.29 is 4.74 Å². The molecule has 2 rings (SSSR count). The van der Waals surface area contributed by atoms with Gasteiger partial charge in [0.2, 0.25) is 0 Å². The summed E-state index contributed by atoms with van der Waals surface area (Å²) in [5, 5.41) is 4.67. The molecule has 0 aliphatic carbocycles. The summed E-state index contributed by atoms with van der Waals surface area (Å²) in [5.41, 5.74) is 2.61. The van der Waals surface area contributed by atoms with Crippen LogP contribution < -0.4 is 0 Å². The van der Waals surface area contributed by atoms with Gasteiger partial charge in [0, 0.05) is 25.6 Å². The smallest absolute Gasteiger partial charge is 0.0766 e. The Morgan fingerprint density at radius 2 is 2.05 bits per heavy atom. The molecule has 0 unspecified atom stereocenters. The lowest BCUT2D eigenvalue weighted by molar-refractivity contribution is 0.0248. The SMILES string of the molecule is CCc1nn(CC)c(CC2(CCl)CCOCC2)c1Br. The summed E-state index contributed by atoms with van der Waals surface area (Å²) in [6.07, 6.45) is 4.03. The quantitative estimate of drug-likeness (QED) is 0.756. The van der Waals surface area contributed by atoms with Gasteiger partial charge in [-0.1, -0.05) is 6.92 Å². The summed E-state index contributed by atoms with van der Waals surface area (Å²) in [6.45, 7) is 6.83. The summed E-state index contributed by atoms with van der Waals surface area (Å²) in [4.78, 5) is 0. The van der Waals surface area contributed by atoms with Crippen molar-refractivity contribution in [1.82, 2.24) is 9.78 Å². The third-order valence-electron chi connectivity index (χ3n) is 4.07. The minimum Gasteiger partial charge on any atom is -0.381 e. The molecule has 5 heteroatoms. The van der Waals surface area contributed by atoms with Gasteiger partial charge in [-0.2, -0.15) is 5.10 Å². The molecule has 0 radical (unpaired) electrons. The fraction of sp³-hybridized carbons (Fsp3) is 0.786. The number of aromatic nitrogens is 2. The van der Waals surface area contributed by atoms with E-state index in [9.17, 15) is 0 Å². The normalized spacial score (nSPS) is 18.7. The first kappa shape index (κ1) is 15.3. The highest BCUT2D eigenvalue weighted by Crippen LogP contribution is 2.38. The fourth-order valence-corrected chi connectivity index (χ4v) is 3.77. The van der Waals surface area contributed by atoms with Crippen molar-refractivity contribution in [3.63, 3.8) is 0 Å². The number of nitrogens with zero attached hydrogens (tertiary/aromatic N) is 2. The highest BCUT2D eigenvalue weighted by atomic mass is 79.9. The van der Waals surface area contributed by atoms with Crippen LogP contribution in [-0.4, -0.2) is 28.9 Å². The van der Waals surface area contributed by atoms with Gasteiger partial charge in [0.05, 0.1) is 15.9 Å². The fourth-order valence-electron chi connectivity index (χ4n) is 2.70. The zero-order valence-electron chi connectivity index (χ0n) is 11.7. The number of aryl methyl sites for hydroxylation is 2. The number of halogens is 2. The van der Waals surface area contributed by atoms with E-state index in [0.717, 1.165) is 51.1 Å². The van der Waals surface area contributed by atoms with Crippen LogP contribution in [0, 0.1) is 5.41 Å². The zero-order chi connectivity index (χ0) is 13.9. The maximum Gasteiger partial charge on any atom is 0.0766 e. The van der Waals surface area contributed by atoms with Crippen molar-refractivity contribution in [2.24, 2.45) is 5.41 Å². The number of ether oxygens (including phenoxy) is 1. The minimum absolute atomic E-state index is 0.167. The van der Waals surface area contributed by atoms with E-state index in [1.165, 1.54) is 10.2 Å². The third kappa shape index (κ3) is 3.17. The lowest BCUT2D eigenvalue weighted by Gasteiger charge is -2.35. The molecule has 2 heterocycles. The Hall–Kier alpha value is -0.0600. The van der Waals surface area contributed by atoms with Crippen LogP contribution in [0.2, 0.25) is 0 Å². The molecule has 0 saturated carbocycles. The Morgan fingerprint density at radius 3 is 2.58 bits per heavy atom. The Kier molecular flexibility index (Phi) is 5.32. The molecule has 0 amide bonds. The highest BCUT2D eigenvalue weighted by molar-refractivity contribution is 9.10. The summed E-state index contributed by atoms with van der Waals surface area (Å²) < 4.78 is 8.78.